The second kappa shape index (κ2) is 13.3. The van der Waals surface area contributed by atoms with Crippen LogP contribution in [0.1, 0.15) is 50.8 Å². The Hall–Kier alpha value is -3.13. The van der Waals surface area contributed by atoms with Gasteiger partial charge in [0.2, 0.25) is 0 Å². The zero-order valence-electron chi connectivity index (χ0n) is 27.1. The molecule has 0 unspecified atom stereocenters. The molecule has 4 aromatic rings. The van der Waals surface area contributed by atoms with Gasteiger partial charge in [0.25, 0.3) is 0 Å². The Kier molecular flexibility index (Phi) is 10.3. The predicted molar refractivity (Wildman–Crippen MR) is 180 cm³/mol. The average Bonchev–Trinajstić information content (AvgIpc) is 3.36. The van der Waals surface area contributed by atoms with E-state index >= 15 is 4.39 Å². The van der Waals surface area contributed by atoms with Crippen molar-refractivity contribution in [2.45, 2.75) is 69.9 Å². The van der Waals surface area contributed by atoms with Gasteiger partial charge in [0.05, 0.1) is 25.6 Å². The van der Waals surface area contributed by atoms with Gasteiger partial charge in [-0.3, -0.25) is 9.55 Å². The standard InChI is InChI=1S/C32H40BrFN4O5SSi/c1-20-15-22(18-35-17-20)31-37-36-28(38(31)29-26(41-6)11-10-12-27(29)42-7)19-44(39,40)21(2)30(43-45(8,9)32(3,4)5)24-14-13-23(33)16-25(24)34/h10-18,21,30H,19H2,1-9H3/t21-,30+/m1/s1. The van der Waals surface area contributed by atoms with Gasteiger partial charge in [-0.25, -0.2) is 12.8 Å². The summed E-state index contributed by atoms with van der Waals surface area (Å²) in [5.74, 6) is 0.282. The van der Waals surface area contributed by atoms with Crippen molar-refractivity contribution < 1.29 is 26.7 Å². The van der Waals surface area contributed by atoms with Crippen LogP contribution in [0, 0.1) is 12.7 Å². The van der Waals surface area contributed by atoms with Crippen molar-refractivity contribution >= 4 is 34.1 Å². The van der Waals surface area contributed by atoms with E-state index in [1.54, 1.807) is 54.2 Å². The van der Waals surface area contributed by atoms with Crippen molar-refractivity contribution in [3.8, 4) is 28.6 Å². The van der Waals surface area contributed by atoms with Gasteiger partial charge >= 0.3 is 0 Å². The first-order valence-corrected chi connectivity index (χ1v) is 19.8. The number of aryl methyl sites for hydroxylation is 1. The number of aromatic nitrogens is 4. The van der Waals surface area contributed by atoms with Crippen molar-refractivity contribution in [2.75, 3.05) is 14.2 Å². The highest BCUT2D eigenvalue weighted by atomic mass is 79.9. The number of rotatable bonds is 11. The molecule has 0 aliphatic rings. The molecule has 45 heavy (non-hydrogen) atoms. The Balaban J connectivity index is 1.88. The summed E-state index contributed by atoms with van der Waals surface area (Å²) in [6.45, 7) is 13.7. The summed E-state index contributed by atoms with van der Waals surface area (Å²) >= 11 is 3.31. The van der Waals surface area contributed by atoms with Crippen LogP contribution in [0.4, 0.5) is 4.39 Å². The van der Waals surface area contributed by atoms with Crippen LogP contribution in [-0.4, -0.2) is 56.0 Å². The molecule has 0 bridgehead atoms. The molecule has 0 aliphatic carbocycles. The lowest BCUT2D eigenvalue weighted by Gasteiger charge is -2.41. The molecule has 2 atom stereocenters. The van der Waals surface area contributed by atoms with E-state index in [0.29, 0.717) is 33.0 Å². The van der Waals surface area contributed by atoms with Crippen molar-refractivity contribution in [2.24, 2.45) is 0 Å². The van der Waals surface area contributed by atoms with Crippen molar-refractivity contribution in [1.29, 1.82) is 0 Å². The summed E-state index contributed by atoms with van der Waals surface area (Å²) in [5.41, 5.74) is 2.13. The molecule has 13 heteroatoms. The third-order valence-electron chi connectivity index (χ3n) is 8.31. The van der Waals surface area contributed by atoms with Gasteiger partial charge in [0, 0.05) is 28.0 Å². The third-order valence-corrected chi connectivity index (χ3v) is 15.3. The second-order valence-corrected chi connectivity index (χ2v) is 20.5. The highest BCUT2D eigenvalue weighted by molar-refractivity contribution is 9.10. The van der Waals surface area contributed by atoms with E-state index in [0.717, 1.165) is 5.56 Å². The van der Waals surface area contributed by atoms with E-state index < -0.39 is 41.1 Å². The number of hydrogen-bond donors (Lipinski definition) is 0. The lowest BCUT2D eigenvalue weighted by atomic mass is 10.1. The summed E-state index contributed by atoms with van der Waals surface area (Å²) in [6.07, 6.45) is 2.28. The van der Waals surface area contributed by atoms with E-state index in [4.69, 9.17) is 13.9 Å². The van der Waals surface area contributed by atoms with Crippen LogP contribution in [0.25, 0.3) is 17.1 Å². The number of halogens is 2. The molecule has 0 spiro atoms. The van der Waals surface area contributed by atoms with Crippen LogP contribution in [0.15, 0.2) is 59.3 Å². The van der Waals surface area contributed by atoms with Gasteiger partial charge in [-0.2, -0.15) is 0 Å². The molecule has 0 radical (unpaired) electrons. The summed E-state index contributed by atoms with van der Waals surface area (Å²) in [7, 11) is -3.59. The maximum absolute atomic E-state index is 15.5. The normalized spacial score (nSPS) is 13.8. The van der Waals surface area contributed by atoms with Gasteiger partial charge in [-0.05, 0) is 67.9 Å². The summed E-state index contributed by atoms with van der Waals surface area (Å²) in [6, 6.07) is 11.7. The number of nitrogens with zero attached hydrogens (tertiary/aromatic N) is 4. The lowest BCUT2D eigenvalue weighted by molar-refractivity contribution is 0.177. The number of benzene rings is 2. The molecular weight excluding hydrogens is 679 g/mol. The predicted octanol–water partition coefficient (Wildman–Crippen LogP) is 7.62. The van der Waals surface area contributed by atoms with Crippen LogP contribution in [-0.2, 0) is 20.0 Å². The van der Waals surface area contributed by atoms with Crippen LogP contribution >= 0.6 is 15.9 Å². The van der Waals surface area contributed by atoms with Crippen LogP contribution < -0.4 is 9.47 Å². The van der Waals surface area contributed by atoms with E-state index in [2.05, 4.69) is 51.9 Å². The molecule has 0 aliphatic heterocycles. The van der Waals surface area contributed by atoms with E-state index in [9.17, 15) is 8.42 Å². The number of ether oxygens (including phenoxy) is 2. The van der Waals surface area contributed by atoms with E-state index in [-0.39, 0.29) is 16.4 Å². The highest BCUT2D eigenvalue weighted by Crippen LogP contribution is 2.43. The molecule has 0 saturated carbocycles. The van der Waals surface area contributed by atoms with Crippen molar-refractivity contribution in [3.63, 3.8) is 0 Å². The molecule has 4 rings (SSSR count). The van der Waals surface area contributed by atoms with Crippen molar-refractivity contribution in [1.82, 2.24) is 19.7 Å². The van der Waals surface area contributed by atoms with Crippen LogP contribution in [0.2, 0.25) is 18.1 Å². The first-order chi connectivity index (χ1) is 21.0. The Morgan fingerprint density at radius 2 is 1.67 bits per heavy atom. The average molecular weight is 720 g/mol. The molecule has 2 aromatic heterocycles. The first-order valence-electron chi connectivity index (χ1n) is 14.4. The third kappa shape index (κ3) is 7.31. The van der Waals surface area contributed by atoms with Gasteiger partial charge in [-0.15, -0.1) is 10.2 Å². The minimum absolute atomic E-state index is 0.128. The Morgan fingerprint density at radius 1 is 1.02 bits per heavy atom. The number of methoxy groups -OCH3 is 2. The lowest BCUT2D eigenvalue weighted by Crippen LogP contribution is -2.45. The molecule has 2 aromatic carbocycles. The topological polar surface area (TPSA) is 105 Å². The highest BCUT2D eigenvalue weighted by Gasteiger charge is 2.44. The fraction of sp³-hybridized carbons (Fsp3) is 0.406. The van der Waals surface area contributed by atoms with Gasteiger partial charge in [0.15, 0.2) is 29.8 Å². The minimum Gasteiger partial charge on any atom is -0.494 e. The number of hydrogen-bond acceptors (Lipinski definition) is 8. The molecule has 2 heterocycles. The fourth-order valence-corrected chi connectivity index (χ4v) is 7.84. The summed E-state index contributed by atoms with van der Waals surface area (Å²) in [5, 5.41) is 7.40. The quantitative estimate of drug-likeness (QED) is 0.146. The van der Waals surface area contributed by atoms with Crippen LogP contribution in [0.5, 0.6) is 11.5 Å². The summed E-state index contributed by atoms with van der Waals surface area (Å²) < 4.78 is 64.4. The first kappa shape index (κ1) is 34.7. The molecule has 0 saturated heterocycles. The van der Waals surface area contributed by atoms with Gasteiger partial charge in [0.1, 0.15) is 28.8 Å². The number of pyridine rings is 1. The van der Waals surface area contributed by atoms with Gasteiger partial charge in [-0.1, -0.05) is 48.8 Å². The zero-order valence-corrected chi connectivity index (χ0v) is 30.5. The van der Waals surface area contributed by atoms with E-state index in [1.165, 1.54) is 20.3 Å². The maximum atomic E-state index is 15.5. The minimum atomic E-state index is -4.05. The number of sulfone groups is 1. The molecule has 0 N–H and O–H groups in total. The maximum Gasteiger partial charge on any atom is 0.192 e. The molecule has 242 valence electrons. The Bertz CT molecular complexity index is 1770. The van der Waals surface area contributed by atoms with E-state index in [1.807, 2.05) is 26.1 Å². The SMILES string of the molecule is COc1cccc(OC)c1-n1c(CS(=O)(=O)[C@H](C)[C@H](O[Si](C)(C)C(C)(C)C)c2ccc(Br)cc2F)nnc1-c1cncc(C)c1. The largest absolute Gasteiger partial charge is 0.494 e. The fourth-order valence-electron chi connectivity index (χ4n) is 4.70. The molecule has 0 amide bonds. The zero-order chi connectivity index (χ0) is 33.3. The van der Waals surface area contributed by atoms with Crippen LogP contribution in [0.3, 0.4) is 0 Å². The summed E-state index contributed by atoms with van der Waals surface area (Å²) in [4.78, 5) is 4.30. The second-order valence-electron chi connectivity index (χ2n) is 12.5. The molecule has 0 fully saturated rings. The molecule has 9 nitrogen and oxygen atoms in total. The Labute approximate surface area is 274 Å². The number of para-hydroxylation sites is 1. The monoisotopic (exact) mass is 718 g/mol. The van der Waals surface area contributed by atoms with Crippen molar-refractivity contribution in [3.05, 3.63) is 82.1 Å². The molecular formula is C32H40BrFN4O5SSi. The van der Waals surface area contributed by atoms with Gasteiger partial charge < -0.3 is 13.9 Å². The Morgan fingerprint density at radius 3 is 2.22 bits per heavy atom. The smallest absolute Gasteiger partial charge is 0.192 e.